The molecule has 0 aliphatic carbocycles. The number of piperidine rings is 1. The molecule has 1 heterocycles. The lowest BCUT2D eigenvalue weighted by Gasteiger charge is -2.28. The Morgan fingerprint density at radius 3 is 2.57 bits per heavy atom. The van der Waals surface area contributed by atoms with Gasteiger partial charge in [-0.15, -0.1) is 0 Å². The molecule has 1 saturated heterocycles. The second kappa shape index (κ2) is 8.61. The Morgan fingerprint density at radius 2 is 2.05 bits per heavy atom. The van der Waals surface area contributed by atoms with Gasteiger partial charge in [0.15, 0.2) is 0 Å². The van der Waals surface area contributed by atoms with E-state index in [9.17, 15) is 14.4 Å². The first-order valence-electron chi connectivity index (χ1n) is 7.34. The highest BCUT2D eigenvalue weighted by molar-refractivity contribution is 5.84. The van der Waals surface area contributed by atoms with Gasteiger partial charge < -0.3 is 20.8 Å². The Balaban J connectivity index is 2.41. The smallest absolute Gasteiger partial charge is 0.326 e. The maximum atomic E-state index is 11.9. The van der Waals surface area contributed by atoms with Gasteiger partial charge in [-0.25, -0.2) is 4.79 Å². The third-order valence-electron chi connectivity index (χ3n) is 3.93. The van der Waals surface area contributed by atoms with Gasteiger partial charge in [-0.1, -0.05) is 6.92 Å². The second-order valence-electron chi connectivity index (χ2n) is 5.68. The van der Waals surface area contributed by atoms with Crippen molar-refractivity contribution in [3.05, 3.63) is 0 Å². The van der Waals surface area contributed by atoms with Crippen molar-refractivity contribution in [3.8, 4) is 0 Å². The number of aliphatic carboxylic acids is 2. The van der Waals surface area contributed by atoms with Crippen molar-refractivity contribution >= 4 is 17.8 Å². The van der Waals surface area contributed by atoms with Crippen molar-refractivity contribution in [2.45, 2.75) is 45.1 Å². The maximum Gasteiger partial charge on any atom is 0.326 e. The molecule has 120 valence electrons. The summed E-state index contributed by atoms with van der Waals surface area (Å²) in [6, 6.07) is -1.13. The number of nitrogens with one attached hydrogen (secondary N) is 2. The fourth-order valence-corrected chi connectivity index (χ4v) is 2.60. The summed E-state index contributed by atoms with van der Waals surface area (Å²) in [6.45, 7) is 3.88. The molecule has 1 rings (SSSR count). The van der Waals surface area contributed by atoms with E-state index in [2.05, 4.69) is 10.6 Å². The molecule has 1 aliphatic heterocycles. The molecular formula is C14H24N2O5. The van der Waals surface area contributed by atoms with Gasteiger partial charge in [0.25, 0.3) is 0 Å². The molecule has 0 bridgehead atoms. The molecule has 0 saturated carbocycles. The zero-order chi connectivity index (χ0) is 15.8. The van der Waals surface area contributed by atoms with E-state index in [1.165, 1.54) is 0 Å². The molecule has 7 nitrogen and oxygen atoms in total. The Morgan fingerprint density at radius 1 is 1.33 bits per heavy atom. The summed E-state index contributed by atoms with van der Waals surface area (Å²) >= 11 is 0. The molecule has 1 amide bonds. The summed E-state index contributed by atoms with van der Waals surface area (Å²) in [6.07, 6.45) is 2.05. The van der Waals surface area contributed by atoms with Gasteiger partial charge in [0, 0.05) is 12.8 Å². The average molecular weight is 300 g/mol. The minimum absolute atomic E-state index is 0.101. The van der Waals surface area contributed by atoms with Gasteiger partial charge in [0.2, 0.25) is 5.91 Å². The molecule has 0 aromatic heterocycles. The molecule has 0 aromatic carbocycles. The summed E-state index contributed by atoms with van der Waals surface area (Å²) in [5.74, 6) is -2.00. The van der Waals surface area contributed by atoms with Crippen LogP contribution in [-0.2, 0) is 14.4 Å². The fraction of sp³-hybridized carbons (Fsp3) is 0.786. The van der Waals surface area contributed by atoms with Crippen molar-refractivity contribution in [3.63, 3.8) is 0 Å². The first-order chi connectivity index (χ1) is 9.90. The molecule has 3 atom stereocenters. The van der Waals surface area contributed by atoms with Crippen LogP contribution in [0.25, 0.3) is 0 Å². The number of hydrogen-bond donors (Lipinski definition) is 4. The van der Waals surface area contributed by atoms with Crippen molar-refractivity contribution in [1.29, 1.82) is 0 Å². The number of carbonyl (C=O) groups is 3. The molecule has 3 unspecified atom stereocenters. The van der Waals surface area contributed by atoms with E-state index >= 15 is 0 Å². The van der Waals surface area contributed by atoms with Crippen LogP contribution in [0.2, 0.25) is 0 Å². The van der Waals surface area contributed by atoms with Crippen molar-refractivity contribution in [2.75, 3.05) is 13.1 Å². The molecule has 21 heavy (non-hydrogen) atoms. The normalized spacial score (nSPS) is 21.3. The van der Waals surface area contributed by atoms with E-state index in [1.54, 1.807) is 0 Å². The molecule has 7 heteroatoms. The van der Waals surface area contributed by atoms with Gasteiger partial charge >= 0.3 is 11.9 Å². The first kappa shape index (κ1) is 17.4. The predicted molar refractivity (Wildman–Crippen MR) is 75.8 cm³/mol. The molecule has 4 N–H and O–H groups in total. The van der Waals surface area contributed by atoms with Crippen LogP contribution in [0, 0.1) is 11.8 Å². The fourth-order valence-electron chi connectivity index (χ4n) is 2.60. The van der Waals surface area contributed by atoms with Gasteiger partial charge in [-0.3, -0.25) is 9.59 Å². The maximum absolute atomic E-state index is 11.9. The van der Waals surface area contributed by atoms with Crippen LogP contribution < -0.4 is 10.6 Å². The van der Waals surface area contributed by atoms with Crippen LogP contribution in [0.4, 0.5) is 0 Å². The Labute approximate surface area is 124 Å². The largest absolute Gasteiger partial charge is 0.481 e. The SMILES string of the molecule is CC(CC(=O)NC(CCC(=O)O)C(=O)O)C1CCCNC1. The third kappa shape index (κ3) is 6.57. The van der Waals surface area contributed by atoms with Crippen LogP contribution in [0.5, 0.6) is 0 Å². The molecule has 1 fully saturated rings. The summed E-state index contributed by atoms with van der Waals surface area (Å²) in [5, 5.41) is 23.3. The summed E-state index contributed by atoms with van der Waals surface area (Å²) in [7, 11) is 0. The summed E-state index contributed by atoms with van der Waals surface area (Å²) < 4.78 is 0. The summed E-state index contributed by atoms with van der Waals surface area (Å²) in [5.41, 5.74) is 0. The number of hydrogen-bond acceptors (Lipinski definition) is 4. The minimum atomic E-state index is -1.20. The Kier molecular flexibility index (Phi) is 7.14. The van der Waals surface area contributed by atoms with Crippen molar-refractivity contribution < 1.29 is 24.6 Å². The average Bonchev–Trinajstić information content (AvgIpc) is 2.43. The first-order valence-corrected chi connectivity index (χ1v) is 7.34. The van der Waals surface area contributed by atoms with Crippen LogP contribution >= 0.6 is 0 Å². The Bertz CT molecular complexity index is 380. The van der Waals surface area contributed by atoms with E-state index in [1.807, 2.05) is 6.92 Å². The zero-order valence-electron chi connectivity index (χ0n) is 12.3. The number of carboxylic acids is 2. The van der Waals surface area contributed by atoms with Crippen molar-refractivity contribution in [1.82, 2.24) is 10.6 Å². The van der Waals surface area contributed by atoms with Crippen LogP contribution in [-0.4, -0.2) is 47.2 Å². The van der Waals surface area contributed by atoms with Gasteiger partial charge in [-0.2, -0.15) is 0 Å². The molecular weight excluding hydrogens is 276 g/mol. The van der Waals surface area contributed by atoms with E-state index in [-0.39, 0.29) is 31.1 Å². The van der Waals surface area contributed by atoms with E-state index in [4.69, 9.17) is 10.2 Å². The Hall–Kier alpha value is -1.63. The minimum Gasteiger partial charge on any atom is -0.481 e. The van der Waals surface area contributed by atoms with E-state index in [0.29, 0.717) is 5.92 Å². The van der Waals surface area contributed by atoms with Crippen LogP contribution in [0.1, 0.15) is 39.0 Å². The molecule has 0 spiro atoms. The van der Waals surface area contributed by atoms with E-state index < -0.39 is 18.0 Å². The number of carboxylic acid groups (broad SMARTS) is 2. The second-order valence-corrected chi connectivity index (χ2v) is 5.68. The highest BCUT2D eigenvalue weighted by Gasteiger charge is 2.25. The van der Waals surface area contributed by atoms with Crippen LogP contribution in [0.15, 0.2) is 0 Å². The number of rotatable bonds is 8. The lowest BCUT2D eigenvalue weighted by atomic mass is 9.85. The molecule has 0 aromatic rings. The predicted octanol–water partition coefficient (Wildman–Crippen LogP) is 0.446. The topological polar surface area (TPSA) is 116 Å². The van der Waals surface area contributed by atoms with Gasteiger partial charge in [0.05, 0.1) is 0 Å². The standard InChI is InChI=1S/C14H24N2O5/c1-9(10-3-2-6-15-8-10)7-12(17)16-11(14(20)21)4-5-13(18)19/h9-11,15H,2-8H2,1H3,(H,16,17)(H,18,19)(H,20,21). The highest BCUT2D eigenvalue weighted by atomic mass is 16.4. The summed E-state index contributed by atoms with van der Waals surface area (Å²) in [4.78, 5) is 33.4. The lowest BCUT2D eigenvalue weighted by molar-refractivity contribution is -0.143. The highest BCUT2D eigenvalue weighted by Crippen LogP contribution is 2.22. The number of amides is 1. The quantitative estimate of drug-likeness (QED) is 0.517. The van der Waals surface area contributed by atoms with Crippen LogP contribution in [0.3, 0.4) is 0 Å². The molecule has 0 radical (unpaired) electrons. The third-order valence-corrected chi connectivity index (χ3v) is 3.93. The lowest BCUT2D eigenvalue weighted by Crippen LogP contribution is -2.42. The monoisotopic (exact) mass is 300 g/mol. The van der Waals surface area contributed by atoms with Gasteiger partial charge in [0.1, 0.15) is 6.04 Å². The van der Waals surface area contributed by atoms with E-state index in [0.717, 1.165) is 25.9 Å². The number of carbonyl (C=O) groups excluding carboxylic acids is 1. The van der Waals surface area contributed by atoms with Crippen molar-refractivity contribution in [2.24, 2.45) is 11.8 Å². The molecule has 1 aliphatic rings. The zero-order valence-corrected chi connectivity index (χ0v) is 12.3. The van der Waals surface area contributed by atoms with Gasteiger partial charge in [-0.05, 0) is 44.2 Å².